The molecule has 356 valence electrons. The van der Waals surface area contributed by atoms with E-state index in [1.165, 1.54) is 110 Å². The molecule has 0 amide bonds. The van der Waals surface area contributed by atoms with E-state index in [2.05, 4.69) is 293 Å². The number of benzene rings is 11. The summed E-state index contributed by atoms with van der Waals surface area (Å²) in [5, 5.41) is 5.02. The first-order valence-corrected chi connectivity index (χ1v) is 26.6. The number of hydrogen-bond acceptors (Lipinski definition) is 1. The number of nitrogens with zero attached hydrogens (tertiary/aromatic N) is 3. The maximum atomic E-state index is 2.66. The van der Waals surface area contributed by atoms with Crippen molar-refractivity contribution in [1.29, 1.82) is 0 Å². The van der Waals surface area contributed by atoms with Gasteiger partial charge in [-0.1, -0.05) is 212 Å². The van der Waals surface area contributed by atoms with Gasteiger partial charge in [0, 0.05) is 49.9 Å². The number of anilines is 2. The molecule has 2 aromatic heterocycles. The molecule has 76 heavy (non-hydrogen) atoms. The highest BCUT2D eigenvalue weighted by Gasteiger charge is 2.55. The van der Waals surface area contributed by atoms with Crippen LogP contribution in [0.3, 0.4) is 0 Å². The Morgan fingerprint density at radius 1 is 0.355 bits per heavy atom. The van der Waals surface area contributed by atoms with Gasteiger partial charge >= 0.3 is 0 Å². The molecule has 16 rings (SSSR count). The maximum Gasteiger partial charge on any atom is 0.0708 e. The minimum Gasteiger partial charge on any atom is -0.334 e. The van der Waals surface area contributed by atoms with Crippen molar-refractivity contribution in [2.75, 3.05) is 4.90 Å². The summed E-state index contributed by atoms with van der Waals surface area (Å²) < 4.78 is 4.85. The van der Waals surface area contributed by atoms with Gasteiger partial charge in [0.15, 0.2) is 0 Å². The van der Waals surface area contributed by atoms with E-state index in [4.69, 9.17) is 0 Å². The van der Waals surface area contributed by atoms with Gasteiger partial charge in [-0.15, -0.1) is 0 Å². The zero-order valence-electron chi connectivity index (χ0n) is 41.7. The lowest BCUT2D eigenvalue weighted by atomic mass is 9.66. The lowest BCUT2D eigenvalue weighted by Gasteiger charge is -2.43. The van der Waals surface area contributed by atoms with Crippen LogP contribution < -0.4 is 4.90 Å². The predicted molar refractivity (Wildman–Crippen MR) is 317 cm³/mol. The van der Waals surface area contributed by atoms with E-state index in [1.807, 2.05) is 0 Å². The fourth-order valence-electron chi connectivity index (χ4n) is 14.0. The van der Waals surface area contributed by atoms with Crippen molar-refractivity contribution in [2.45, 2.75) is 17.9 Å². The van der Waals surface area contributed by atoms with Crippen LogP contribution in [0.5, 0.6) is 0 Å². The van der Waals surface area contributed by atoms with Crippen molar-refractivity contribution >= 4 is 60.6 Å². The summed E-state index contributed by atoms with van der Waals surface area (Å²) in [7, 11) is 0. The van der Waals surface area contributed by atoms with Crippen LogP contribution in [0.4, 0.5) is 11.4 Å². The van der Waals surface area contributed by atoms with Gasteiger partial charge in [0.05, 0.1) is 33.5 Å². The maximum absolute atomic E-state index is 2.66. The van der Waals surface area contributed by atoms with Crippen LogP contribution in [0, 0.1) is 0 Å². The number of rotatable bonds is 7. The van der Waals surface area contributed by atoms with Gasteiger partial charge in [-0.3, -0.25) is 0 Å². The second-order valence-electron chi connectivity index (χ2n) is 20.6. The molecule has 0 fully saturated rings. The molecular formula is C73H49N3. The normalized spacial score (nSPS) is 14.9. The molecule has 11 aromatic carbocycles. The first kappa shape index (κ1) is 42.8. The fourth-order valence-corrected chi connectivity index (χ4v) is 14.0. The molecule has 3 aliphatic rings. The molecule has 1 unspecified atom stereocenters. The lowest BCUT2D eigenvalue weighted by Crippen LogP contribution is -2.42. The summed E-state index contributed by atoms with van der Waals surface area (Å²) in [6.45, 7) is 0. The Kier molecular flexibility index (Phi) is 9.38. The van der Waals surface area contributed by atoms with Crippen molar-refractivity contribution in [3.8, 4) is 44.8 Å². The van der Waals surface area contributed by atoms with Gasteiger partial charge in [0.25, 0.3) is 0 Å². The summed E-state index contributed by atoms with van der Waals surface area (Å²) in [5.74, 6) is 0. The Morgan fingerprint density at radius 2 is 0.816 bits per heavy atom. The predicted octanol–water partition coefficient (Wildman–Crippen LogP) is 18.5. The van der Waals surface area contributed by atoms with Crippen LogP contribution in [0.15, 0.2) is 285 Å². The van der Waals surface area contributed by atoms with Crippen LogP contribution in [-0.4, -0.2) is 15.2 Å². The zero-order valence-corrected chi connectivity index (χ0v) is 41.7. The molecule has 0 N–H and O–H groups in total. The molecule has 3 heteroatoms. The van der Waals surface area contributed by atoms with Gasteiger partial charge in [0.1, 0.15) is 0 Å². The average molecular weight is 968 g/mol. The van der Waals surface area contributed by atoms with Crippen molar-refractivity contribution < 1.29 is 0 Å². The number of hydrogen-bond donors (Lipinski definition) is 0. The van der Waals surface area contributed by atoms with Crippen LogP contribution in [0.25, 0.3) is 93.9 Å². The van der Waals surface area contributed by atoms with E-state index in [9.17, 15) is 0 Å². The quantitative estimate of drug-likeness (QED) is 0.155. The Hall–Kier alpha value is -9.70. The molecular weight excluding hydrogens is 919 g/mol. The molecule has 13 aromatic rings. The minimum absolute atomic E-state index is 0.0281. The number of aromatic nitrogens is 2. The van der Waals surface area contributed by atoms with E-state index in [0.717, 1.165) is 29.2 Å². The molecule has 0 saturated carbocycles. The van der Waals surface area contributed by atoms with Gasteiger partial charge in [-0.25, -0.2) is 0 Å². The minimum atomic E-state index is -0.476. The molecule has 2 heterocycles. The molecule has 0 bridgehead atoms. The summed E-state index contributed by atoms with van der Waals surface area (Å²) >= 11 is 0. The number of para-hydroxylation sites is 5. The molecule has 0 aliphatic heterocycles. The second kappa shape index (κ2) is 16.7. The van der Waals surface area contributed by atoms with Crippen LogP contribution >= 0.6 is 0 Å². The lowest BCUT2D eigenvalue weighted by molar-refractivity contribution is 0.635. The van der Waals surface area contributed by atoms with Crippen molar-refractivity contribution in [2.24, 2.45) is 0 Å². The second-order valence-corrected chi connectivity index (χ2v) is 20.6. The van der Waals surface area contributed by atoms with E-state index in [1.54, 1.807) is 0 Å². The molecule has 1 spiro atoms. The Morgan fingerprint density at radius 3 is 1.47 bits per heavy atom. The molecule has 3 nitrogen and oxygen atoms in total. The summed E-state index contributed by atoms with van der Waals surface area (Å²) in [6.07, 6.45) is 5.69. The van der Waals surface area contributed by atoms with Gasteiger partial charge in [-0.05, 0) is 134 Å². The largest absolute Gasteiger partial charge is 0.334 e. The van der Waals surface area contributed by atoms with Crippen molar-refractivity contribution in [3.63, 3.8) is 0 Å². The van der Waals surface area contributed by atoms with Crippen LogP contribution in [0.2, 0.25) is 0 Å². The van der Waals surface area contributed by atoms with E-state index < -0.39 is 5.41 Å². The molecule has 1 atom stereocenters. The number of allylic oxidation sites excluding steroid dienone is 2. The van der Waals surface area contributed by atoms with Crippen LogP contribution in [0.1, 0.15) is 28.7 Å². The first-order chi connectivity index (χ1) is 37.8. The smallest absolute Gasteiger partial charge is 0.0708 e. The molecule has 3 aliphatic carbocycles. The Balaban J connectivity index is 0.897. The van der Waals surface area contributed by atoms with Crippen molar-refractivity contribution in [1.82, 2.24) is 9.13 Å². The third-order valence-corrected chi connectivity index (χ3v) is 16.9. The summed E-state index contributed by atoms with van der Waals surface area (Å²) in [6, 6.07) is 99.3. The van der Waals surface area contributed by atoms with Crippen molar-refractivity contribution in [3.05, 3.63) is 307 Å². The molecule has 0 radical (unpaired) electrons. The Labute approximate surface area is 441 Å². The van der Waals surface area contributed by atoms with E-state index >= 15 is 0 Å². The van der Waals surface area contributed by atoms with Gasteiger partial charge in [0.2, 0.25) is 0 Å². The fraction of sp³-hybridized carbons (Fsp3) is 0.0411. The number of fused-ring (bicyclic) bond motifs is 15. The topological polar surface area (TPSA) is 13.1 Å². The Bertz CT molecular complexity index is 4490. The average Bonchev–Trinajstić information content (AvgIpc) is 4.41. The molecule has 0 saturated heterocycles. The standard InChI is InChI=1S/C73H49N3/c1-3-20-50(21-4-1)75-67-37-16-11-28-62(67)70-54(29-18-38-68(70)75)48-40-44-52(45-41-48)74(53-46-42-49(43-47-53)55-30-17-32-61-59-27-10-15-36-66(59)76(72(55)61)51-22-5-2-6-23-51)69-39-19-31-60-58-26-9-14-35-65(58)73(71(60)69)63-33-12-7-24-56(63)57-25-8-13-34-64(57)73/h1-38,40-47,69H,39H2. The van der Waals surface area contributed by atoms with Gasteiger partial charge < -0.3 is 14.0 Å². The van der Waals surface area contributed by atoms with Gasteiger partial charge in [-0.2, -0.15) is 0 Å². The monoisotopic (exact) mass is 967 g/mol. The van der Waals surface area contributed by atoms with E-state index in [-0.39, 0.29) is 6.04 Å². The summed E-state index contributed by atoms with van der Waals surface area (Å²) in [5.41, 5.74) is 24.6. The van der Waals surface area contributed by atoms with E-state index in [0.29, 0.717) is 0 Å². The SMILES string of the molecule is C1=CC2=C(C(N(c3ccc(-c4cccc5c4c4ccccc4n5-c4ccccc4)cc3)c3ccc(-c4cccc5c6ccccc6n(-c6ccccc6)c45)cc3)C1)C1(c3ccccc32)c2ccccc2-c2ccccc21. The highest BCUT2D eigenvalue weighted by Crippen LogP contribution is 2.64. The van der Waals surface area contributed by atoms with Crippen LogP contribution in [-0.2, 0) is 5.41 Å². The first-order valence-electron chi connectivity index (χ1n) is 26.6. The highest BCUT2D eigenvalue weighted by atomic mass is 15.2. The summed E-state index contributed by atoms with van der Waals surface area (Å²) in [4.78, 5) is 2.66. The highest BCUT2D eigenvalue weighted by molar-refractivity contribution is 6.16. The third-order valence-electron chi connectivity index (χ3n) is 16.9. The zero-order chi connectivity index (χ0) is 49.9. The third kappa shape index (κ3) is 6.00.